The molecular weight excluding hydrogens is 526 g/mol. The van der Waals surface area contributed by atoms with Gasteiger partial charge in [-0.2, -0.15) is 0 Å². The number of ether oxygens (including phenoxy) is 2. The van der Waals surface area contributed by atoms with Gasteiger partial charge in [-0.25, -0.2) is 0 Å². The van der Waals surface area contributed by atoms with Crippen LogP contribution >= 0.6 is 0 Å². The van der Waals surface area contributed by atoms with Crippen molar-refractivity contribution in [3.05, 3.63) is 0 Å². The molecule has 10 heteroatoms. The van der Waals surface area contributed by atoms with Gasteiger partial charge in [0, 0.05) is 52.0 Å². The van der Waals surface area contributed by atoms with Gasteiger partial charge in [0.15, 0.2) is 0 Å². The van der Waals surface area contributed by atoms with Gasteiger partial charge >= 0.3 is 11.9 Å². The van der Waals surface area contributed by atoms with Crippen molar-refractivity contribution in [2.24, 2.45) is 0 Å². The molecule has 0 aliphatic carbocycles. The van der Waals surface area contributed by atoms with E-state index in [9.17, 15) is 19.2 Å². The highest BCUT2D eigenvalue weighted by atomic mass is 16.5. The molecular formula is C31H59N3O7. The molecule has 1 amide bonds. The van der Waals surface area contributed by atoms with Crippen LogP contribution < -0.4 is 10.6 Å². The monoisotopic (exact) mass is 585 g/mol. The van der Waals surface area contributed by atoms with Gasteiger partial charge in [0.05, 0.1) is 13.2 Å². The van der Waals surface area contributed by atoms with E-state index in [0.29, 0.717) is 51.9 Å². The van der Waals surface area contributed by atoms with Gasteiger partial charge in [0.1, 0.15) is 6.61 Å². The van der Waals surface area contributed by atoms with Crippen LogP contribution in [0.3, 0.4) is 0 Å². The number of likely N-dealkylation sites (N-methyl/N-ethyl adjacent to an activating group) is 1. The first-order valence-electron chi connectivity index (χ1n) is 16.1. The first kappa shape index (κ1) is 39.0. The third-order valence-corrected chi connectivity index (χ3v) is 6.77. The summed E-state index contributed by atoms with van der Waals surface area (Å²) < 4.78 is 10.2. The Morgan fingerprint density at radius 2 is 1.17 bits per heavy atom. The van der Waals surface area contributed by atoms with Crippen LogP contribution in [-0.4, -0.2) is 92.7 Å². The smallest absolute Gasteiger partial charge is 0.305 e. The van der Waals surface area contributed by atoms with E-state index in [-0.39, 0.29) is 44.4 Å². The van der Waals surface area contributed by atoms with Crippen LogP contribution in [0, 0.1) is 0 Å². The van der Waals surface area contributed by atoms with Crippen molar-refractivity contribution in [1.82, 2.24) is 15.5 Å². The first-order valence-corrected chi connectivity index (χ1v) is 16.1. The number of esters is 2. The number of ketones is 1. The SMILES string of the molecule is CCCCCCCCCCCOC(=O)CCCN(CCCCCC(=O)OCCO)C(=O)C(=O)CCNCCNCC. The van der Waals surface area contributed by atoms with Gasteiger partial charge in [-0.1, -0.05) is 71.6 Å². The molecule has 0 unspecified atom stereocenters. The molecule has 0 saturated heterocycles. The molecule has 240 valence electrons. The molecule has 0 rings (SSSR count). The van der Waals surface area contributed by atoms with Gasteiger partial charge in [-0.05, 0) is 32.2 Å². The summed E-state index contributed by atoms with van der Waals surface area (Å²) in [4.78, 5) is 50.7. The molecule has 10 nitrogen and oxygen atoms in total. The maximum absolute atomic E-state index is 12.9. The van der Waals surface area contributed by atoms with Crippen LogP contribution in [0.4, 0.5) is 0 Å². The van der Waals surface area contributed by atoms with Crippen molar-refractivity contribution in [3.8, 4) is 0 Å². The lowest BCUT2D eigenvalue weighted by molar-refractivity contribution is -0.146. The highest BCUT2D eigenvalue weighted by Crippen LogP contribution is 2.10. The summed E-state index contributed by atoms with van der Waals surface area (Å²) in [6, 6.07) is 0. The quantitative estimate of drug-likeness (QED) is 0.0651. The fourth-order valence-corrected chi connectivity index (χ4v) is 4.34. The fraction of sp³-hybridized carbons (Fsp3) is 0.871. The van der Waals surface area contributed by atoms with E-state index in [1.165, 1.54) is 49.8 Å². The van der Waals surface area contributed by atoms with Gasteiger partial charge < -0.3 is 30.1 Å². The zero-order chi connectivity index (χ0) is 30.4. The molecule has 0 aromatic heterocycles. The summed E-state index contributed by atoms with van der Waals surface area (Å²) in [5, 5.41) is 15.1. The molecule has 0 saturated carbocycles. The standard InChI is InChI=1S/C31H59N3O7/c1-3-5-6-7-8-9-10-11-15-26-40-30(38)18-16-24-34(23-14-12-13-17-29(37)41-27-25-35)31(39)28(36)19-20-33-22-21-32-4-2/h32-33,35H,3-27H2,1-2H3. The molecule has 0 heterocycles. The maximum Gasteiger partial charge on any atom is 0.305 e. The van der Waals surface area contributed by atoms with Crippen molar-refractivity contribution in [1.29, 1.82) is 0 Å². The molecule has 0 aliphatic heterocycles. The Morgan fingerprint density at radius 3 is 1.83 bits per heavy atom. The zero-order valence-corrected chi connectivity index (χ0v) is 26.0. The molecule has 0 spiro atoms. The lowest BCUT2D eigenvalue weighted by Crippen LogP contribution is -2.39. The molecule has 0 aromatic carbocycles. The number of nitrogens with one attached hydrogen (secondary N) is 2. The van der Waals surface area contributed by atoms with Crippen LogP contribution in [0.2, 0.25) is 0 Å². The van der Waals surface area contributed by atoms with Crippen molar-refractivity contribution < 1.29 is 33.8 Å². The average molecular weight is 586 g/mol. The summed E-state index contributed by atoms with van der Waals surface area (Å²) >= 11 is 0. The Balaban J connectivity index is 4.37. The lowest BCUT2D eigenvalue weighted by Gasteiger charge is -2.22. The minimum atomic E-state index is -0.524. The van der Waals surface area contributed by atoms with E-state index < -0.39 is 11.7 Å². The Labute approximate surface area is 248 Å². The van der Waals surface area contributed by atoms with E-state index in [1.807, 2.05) is 6.92 Å². The average Bonchev–Trinajstić information content (AvgIpc) is 2.97. The second kappa shape index (κ2) is 29.5. The summed E-state index contributed by atoms with van der Waals surface area (Å²) in [6.45, 7) is 8.00. The van der Waals surface area contributed by atoms with Crippen molar-refractivity contribution in [2.45, 2.75) is 117 Å². The molecule has 0 aromatic rings. The van der Waals surface area contributed by atoms with Crippen LogP contribution in [0.5, 0.6) is 0 Å². The topological polar surface area (TPSA) is 134 Å². The number of aliphatic hydroxyl groups is 1. The van der Waals surface area contributed by atoms with Crippen molar-refractivity contribution in [3.63, 3.8) is 0 Å². The van der Waals surface area contributed by atoms with E-state index in [4.69, 9.17) is 14.6 Å². The molecule has 0 atom stereocenters. The third-order valence-electron chi connectivity index (χ3n) is 6.77. The third kappa shape index (κ3) is 25.4. The number of aliphatic hydroxyl groups excluding tert-OH is 1. The highest BCUT2D eigenvalue weighted by Gasteiger charge is 2.21. The van der Waals surface area contributed by atoms with Gasteiger partial charge in [-0.3, -0.25) is 19.2 Å². The zero-order valence-electron chi connectivity index (χ0n) is 26.0. The normalized spacial score (nSPS) is 10.9. The second-order valence-corrected chi connectivity index (χ2v) is 10.5. The summed E-state index contributed by atoms with van der Waals surface area (Å²) in [5.41, 5.74) is 0. The predicted octanol–water partition coefficient (Wildman–Crippen LogP) is 3.92. The predicted molar refractivity (Wildman–Crippen MR) is 162 cm³/mol. The Kier molecular flexibility index (Phi) is 28.0. The van der Waals surface area contributed by atoms with Crippen molar-refractivity contribution >= 4 is 23.6 Å². The molecule has 0 aliphatic rings. The van der Waals surface area contributed by atoms with Crippen LogP contribution in [0.1, 0.15) is 117 Å². The molecule has 0 bridgehead atoms. The minimum absolute atomic E-state index is 0.00513. The Morgan fingerprint density at radius 1 is 0.610 bits per heavy atom. The van der Waals surface area contributed by atoms with E-state index >= 15 is 0 Å². The molecule has 0 fully saturated rings. The first-order chi connectivity index (χ1) is 20.0. The number of carbonyl (C=O) groups is 4. The molecule has 0 radical (unpaired) electrons. The lowest BCUT2D eigenvalue weighted by atomic mass is 10.1. The number of amides is 1. The minimum Gasteiger partial charge on any atom is -0.466 e. The number of Topliss-reactive ketones (excluding diaryl/α,β-unsaturated/α-hetero) is 1. The van der Waals surface area contributed by atoms with E-state index in [1.54, 1.807) is 0 Å². The van der Waals surface area contributed by atoms with Gasteiger partial charge in [-0.15, -0.1) is 0 Å². The van der Waals surface area contributed by atoms with E-state index in [0.717, 1.165) is 32.5 Å². The highest BCUT2D eigenvalue weighted by molar-refractivity contribution is 6.36. The Hall–Kier alpha value is -2.04. The van der Waals surface area contributed by atoms with Crippen LogP contribution in [0.15, 0.2) is 0 Å². The van der Waals surface area contributed by atoms with E-state index in [2.05, 4.69) is 17.6 Å². The molecule has 41 heavy (non-hydrogen) atoms. The maximum atomic E-state index is 12.9. The van der Waals surface area contributed by atoms with Crippen molar-refractivity contribution in [2.75, 3.05) is 59.1 Å². The number of hydrogen-bond acceptors (Lipinski definition) is 9. The molecule has 3 N–H and O–H groups in total. The number of hydrogen-bond donors (Lipinski definition) is 3. The second-order valence-electron chi connectivity index (χ2n) is 10.5. The number of carbonyl (C=O) groups excluding carboxylic acids is 4. The number of unbranched alkanes of at least 4 members (excludes halogenated alkanes) is 10. The van der Waals surface area contributed by atoms with Crippen LogP contribution in [-0.2, 0) is 28.7 Å². The van der Waals surface area contributed by atoms with Gasteiger partial charge in [0.25, 0.3) is 5.91 Å². The Bertz CT molecular complexity index is 676. The number of nitrogens with zero attached hydrogens (tertiary/aromatic N) is 1. The summed E-state index contributed by atoms with van der Waals surface area (Å²) in [5.74, 6) is -1.59. The van der Waals surface area contributed by atoms with Gasteiger partial charge in [0.2, 0.25) is 5.78 Å². The number of rotatable bonds is 30. The summed E-state index contributed by atoms with van der Waals surface area (Å²) in [6.07, 6.45) is 13.8. The largest absolute Gasteiger partial charge is 0.466 e. The summed E-state index contributed by atoms with van der Waals surface area (Å²) in [7, 11) is 0. The van der Waals surface area contributed by atoms with Crippen LogP contribution in [0.25, 0.3) is 0 Å². The fourth-order valence-electron chi connectivity index (χ4n) is 4.34.